The second kappa shape index (κ2) is 5.36. The van der Waals surface area contributed by atoms with Gasteiger partial charge in [0.15, 0.2) is 0 Å². The molecule has 1 saturated carbocycles. The van der Waals surface area contributed by atoms with Crippen molar-refractivity contribution in [1.82, 2.24) is 0 Å². The van der Waals surface area contributed by atoms with Crippen molar-refractivity contribution in [3.8, 4) is 5.75 Å². The van der Waals surface area contributed by atoms with E-state index in [1.165, 1.54) is 12.1 Å². The number of benzene rings is 1. The summed E-state index contributed by atoms with van der Waals surface area (Å²) in [5, 5.41) is 22.3. The van der Waals surface area contributed by atoms with E-state index in [2.05, 4.69) is 5.16 Å². The lowest BCUT2D eigenvalue weighted by atomic mass is 10.0. The zero-order chi connectivity index (χ0) is 14.8. The molecule has 20 heavy (non-hydrogen) atoms. The molecule has 2 rings (SSSR count). The average molecular weight is 279 g/mol. The molecule has 0 bridgehead atoms. The van der Waals surface area contributed by atoms with Crippen molar-refractivity contribution in [3.63, 3.8) is 0 Å². The van der Waals surface area contributed by atoms with E-state index in [0.29, 0.717) is 18.8 Å². The Morgan fingerprint density at radius 3 is 2.85 bits per heavy atom. The van der Waals surface area contributed by atoms with E-state index in [1.54, 1.807) is 6.07 Å². The van der Waals surface area contributed by atoms with Crippen LogP contribution in [0.25, 0.3) is 0 Å². The van der Waals surface area contributed by atoms with Crippen molar-refractivity contribution in [2.45, 2.75) is 26.2 Å². The zero-order valence-electron chi connectivity index (χ0n) is 11.2. The van der Waals surface area contributed by atoms with Gasteiger partial charge in [0.25, 0.3) is 5.69 Å². The molecule has 0 aliphatic heterocycles. The van der Waals surface area contributed by atoms with Crippen molar-refractivity contribution < 1.29 is 14.9 Å². The number of ether oxygens (including phenoxy) is 1. The third-order valence-corrected chi connectivity index (χ3v) is 3.56. The van der Waals surface area contributed by atoms with Gasteiger partial charge in [0.05, 0.1) is 17.6 Å². The van der Waals surface area contributed by atoms with Gasteiger partial charge in [-0.1, -0.05) is 5.16 Å². The monoisotopic (exact) mass is 279 g/mol. The van der Waals surface area contributed by atoms with Crippen molar-refractivity contribution in [1.29, 1.82) is 0 Å². The van der Waals surface area contributed by atoms with Crippen LogP contribution in [-0.2, 0) is 0 Å². The van der Waals surface area contributed by atoms with Crippen LogP contribution < -0.4 is 10.5 Å². The van der Waals surface area contributed by atoms with E-state index in [4.69, 9.17) is 15.7 Å². The highest BCUT2D eigenvalue weighted by Gasteiger charge is 2.44. The van der Waals surface area contributed by atoms with E-state index in [0.717, 1.165) is 18.4 Å². The van der Waals surface area contributed by atoms with Gasteiger partial charge in [0.1, 0.15) is 11.6 Å². The number of hydrogen-bond donors (Lipinski definition) is 2. The number of nitrogens with zero attached hydrogens (tertiary/aromatic N) is 2. The number of non-ortho nitro benzene ring substituents is 1. The number of amidine groups is 1. The Labute approximate surface area is 116 Å². The molecule has 1 aromatic carbocycles. The molecule has 7 heteroatoms. The van der Waals surface area contributed by atoms with E-state index in [9.17, 15) is 10.1 Å². The molecule has 0 amide bonds. The van der Waals surface area contributed by atoms with Crippen LogP contribution in [0.4, 0.5) is 5.69 Å². The van der Waals surface area contributed by atoms with Gasteiger partial charge < -0.3 is 15.7 Å². The van der Waals surface area contributed by atoms with Crippen molar-refractivity contribution in [3.05, 3.63) is 33.9 Å². The Hall–Kier alpha value is -2.31. The molecule has 0 aromatic heterocycles. The first kappa shape index (κ1) is 14.1. The second-order valence-corrected chi connectivity index (χ2v) is 5.26. The molecule has 0 unspecified atom stereocenters. The van der Waals surface area contributed by atoms with Crippen LogP contribution in [0.5, 0.6) is 5.75 Å². The van der Waals surface area contributed by atoms with Crippen LogP contribution in [0.15, 0.2) is 23.4 Å². The predicted molar refractivity (Wildman–Crippen MR) is 73.0 cm³/mol. The number of rotatable bonds is 6. The van der Waals surface area contributed by atoms with Gasteiger partial charge in [-0.3, -0.25) is 10.1 Å². The lowest BCUT2D eigenvalue weighted by molar-refractivity contribution is -0.385. The molecule has 0 heterocycles. The summed E-state index contributed by atoms with van der Waals surface area (Å²) in [6, 6.07) is 4.54. The summed E-state index contributed by atoms with van der Waals surface area (Å²) >= 11 is 0. The summed E-state index contributed by atoms with van der Waals surface area (Å²) in [7, 11) is 0. The highest BCUT2D eigenvalue weighted by molar-refractivity contribution is 5.80. The van der Waals surface area contributed by atoms with Crippen LogP contribution in [0.1, 0.15) is 24.8 Å². The number of oxime groups is 1. The zero-order valence-corrected chi connectivity index (χ0v) is 11.2. The Morgan fingerprint density at radius 1 is 1.60 bits per heavy atom. The minimum absolute atomic E-state index is 0.00637. The largest absolute Gasteiger partial charge is 0.492 e. The maximum Gasteiger partial charge on any atom is 0.273 e. The fraction of sp³-hybridized carbons (Fsp3) is 0.462. The van der Waals surface area contributed by atoms with Gasteiger partial charge in [-0.05, 0) is 31.4 Å². The molecule has 3 N–H and O–H groups in total. The highest BCUT2D eigenvalue weighted by Crippen LogP contribution is 2.49. The van der Waals surface area contributed by atoms with Gasteiger partial charge in [0.2, 0.25) is 0 Å². The summed E-state index contributed by atoms with van der Waals surface area (Å²) in [6.45, 7) is 2.24. The van der Waals surface area contributed by atoms with E-state index >= 15 is 0 Å². The molecule has 7 nitrogen and oxygen atoms in total. The second-order valence-electron chi connectivity index (χ2n) is 5.26. The molecular formula is C13H17N3O4. The van der Waals surface area contributed by atoms with Gasteiger partial charge in [-0.2, -0.15) is 0 Å². The fourth-order valence-electron chi connectivity index (χ4n) is 2.06. The minimum atomic E-state index is -0.449. The summed E-state index contributed by atoms with van der Waals surface area (Å²) in [4.78, 5) is 10.3. The minimum Gasteiger partial charge on any atom is -0.492 e. The van der Waals surface area contributed by atoms with Crippen LogP contribution in [-0.4, -0.2) is 22.6 Å². The molecule has 1 aliphatic carbocycles. The van der Waals surface area contributed by atoms with Gasteiger partial charge in [-0.15, -0.1) is 0 Å². The molecule has 0 atom stereocenters. The first-order chi connectivity index (χ1) is 9.46. The third kappa shape index (κ3) is 3.17. The highest BCUT2D eigenvalue weighted by atomic mass is 16.6. The molecule has 1 aliphatic rings. The topological polar surface area (TPSA) is 111 Å². The molecule has 0 spiro atoms. The Bertz CT molecular complexity index is 553. The van der Waals surface area contributed by atoms with E-state index in [1.807, 2.05) is 6.92 Å². The van der Waals surface area contributed by atoms with E-state index < -0.39 is 4.92 Å². The average Bonchev–Trinajstić information content (AvgIpc) is 3.17. The van der Waals surface area contributed by atoms with Crippen molar-refractivity contribution in [2.75, 3.05) is 6.61 Å². The number of nitro benzene ring substituents is 1. The molecule has 1 aromatic rings. The first-order valence-corrected chi connectivity index (χ1v) is 6.30. The molecular weight excluding hydrogens is 262 g/mol. The summed E-state index contributed by atoms with van der Waals surface area (Å²) in [5.74, 6) is 0.687. The van der Waals surface area contributed by atoms with Crippen LogP contribution in [0.3, 0.4) is 0 Å². The van der Waals surface area contributed by atoms with Gasteiger partial charge >= 0.3 is 0 Å². The lowest BCUT2D eigenvalue weighted by Crippen LogP contribution is -2.22. The SMILES string of the molecule is Cc1ccc([N+](=O)[O-])cc1OCC1(CC(N)=NO)CC1. The quantitative estimate of drug-likeness (QED) is 0.272. The standard InChI is InChI=1S/C13H17N3O4/c1-9-2-3-10(16(18)19)6-11(9)20-8-13(4-5-13)7-12(14)15-17/h2-3,6,17H,4-5,7-8H2,1H3,(H2,14,15). The van der Waals surface area contributed by atoms with Crippen molar-refractivity contribution >= 4 is 11.5 Å². The van der Waals surface area contributed by atoms with Gasteiger partial charge in [-0.25, -0.2) is 0 Å². The van der Waals surface area contributed by atoms with Crippen LogP contribution >= 0.6 is 0 Å². The number of hydrogen-bond acceptors (Lipinski definition) is 5. The summed E-state index contributed by atoms with van der Waals surface area (Å²) in [6.07, 6.45) is 2.35. The van der Waals surface area contributed by atoms with E-state index in [-0.39, 0.29) is 16.9 Å². The number of nitro groups is 1. The molecule has 1 fully saturated rings. The normalized spacial score (nSPS) is 16.8. The summed E-state index contributed by atoms with van der Waals surface area (Å²) in [5.41, 5.74) is 6.26. The Morgan fingerprint density at radius 2 is 2.30 bits per heavy atom. The Balaban J connectivity index is 2.04. The first-order valence-electron chi connectivity index (χ1n) is 6.30. The fourth-order valence-corrected chi connectivity index (χ4v) is 2.06. The number of nitrogens with two attached hydrogens (primary N) is 1. The Kier molecular flexibility index (Phi) is 3.78. The van der Waals surface area contributed by atoms with Crippen LogP contribution in [0.2, 0.25) is 0 Å². The maximum atomic E-state index is 10.8. The summed E-state index contributed by atoms with van der Waals surface area (Å²) < 4.78 is 5.70. The smallest absolute Gasteiger partial charge is 0.273 e. The molecule has 0 radical (unpaired) electrons. The lowest BCUT2D eigenvalue weighted by Gasteiger charge is -2.16. The predicted octanol–water partition coefficient (Wildman–Crippen LogP) is 2.20. The third-order valence-electron chi connectivity index (χ3n) is 3.56. The number of aryl methyl sites for hydroxylation is 1. The van der Waals surface area contributed by atoms with Crippen molar-refractivity contribution in [2.24, 2.45) is 16.3 Å². The van der Waals surface area contributed by atoms with Gasteiger partial charge in [0, 0.05) is 17.9 Å². The van der Waals surface area contributed by atoms with Crippen LogP contribution in [0, 0.1) is 22.5 Å². The maximum absolute atomic E-state index is 10.8. The molecule has 0 saturated heterocycles. The molecule has 108 valence electrons.